The van der Waals surface area contributed by atoms with Crippen LogP contribution in [0.2, 0.25) is 0 Å². The number of carbonyl (C=O) groups excluding carboxylic acids is 1. The van der Waals surface area contributed by atoms with Crippen LogP contribution in [0.25, 0.3) is 6.08 Å². The molecule has 0 N–H and O–H groups in total. The molecule has 0 aliphatic carbocycles. The largest absolute Gasteiger partial charge is 0.497 e. The smallest absolute Gasteiger partial charge is 0.338 e. The molecule has 1 aromatic rings. The van der Waals surface area contributed by atoms with Gasteiger partial charge in [0.25, 0.3) is 0 Å². The lowest BCUT2D eigenvalue weighted by atomic mass is 10.1. The third-order valence-electron chi connectivity index (χ3n) is 1.82. The van der Waals surface area contributed by atoms with Gasteiger partial charge in [-0.2, -0.15) is 0 Å². The maximum atomic E-state index is 11.2. The Bertz CT molecular complexity index is 356. The molecule has 0 amide bonds. The molecule has 14 heavy (non-hydrogen) atoms. The summed E-state index contributed by atoms with van der Waals surface area (Å²) in [6.07, 6.45) is 1.65. The van der Waals surface area contributed by atoms with Crippen LogP contribution in [0, 0.1) is 0 Å². The van der Waals surface area contributed by atoms with Gasteiger partial charge in [0.2, 0.25) is 0 Å². The molecule has 0 saturated heterocycles. The molecule has 0 radical (unpaired) electrons. The molecular formula is C11H12O3. The second-order valence-corrected chi connectivity index (χ2v) is 2.69. The topological polar surface area (TPSA) is 35.5 Å². The molecule has 3 heteroatoms. The Balaban J connectivity index is 3.16. The van der Waals surface area contributed by atoms with E-state index >= 15 is 0 Å². The first-order valence-corrected chi connectivity index (χ1v) is 4.11. The van der Waals surface area contributed by atoms with Gasteiger partial charge in [-0.1, -0.05) is 12.7 Å². The number of carbonyl (C=O) groups is 1. The van der Waals surface area contributed by atoms with E-state index in [1.54, 1.807) is 31.4 Å². The minimum absolute atomic E-state index is 0.382. The number of esters is 1. The van der Waals surface area contributed by atoms with Crippen LogP contribution < -0.4 is 4.74 Å². The average Bonchev–Trinajstić information content (AvgIpc) is 2.27. The molecule has 0 fully saturated rings. The fourth-order valence-corrected chi connectivity index (χ4v) is 1.09. The van der Waals surface area contributed by atoms with Crippen LogP contribution in [0.5, 0.6) is 5.75 Å². The first kappa shape index (κ1) is 10.3. The van der Waals surface area contributed by atoms with Gasteiger partial charge in [0.15, 0.2) is 0 Å². The van der Waals surface area contributed by atoms with E-state index < -0.39 is 0 Å². The fourth-order valence-electron chi connectivity index (χ4n) is 1.09. The highest BCUT2D eigenvalue weighted by Crippen LogP contribution is 2.18. The second kappa shape index (κ2) is 4.46. The van der Waals surface area contributed by atoms with Gasteiger partial charge in [0.05, 0.1) is 19.8 Å². The van der Waals surface area contributed by atoms with Crippen molar-refractivity contribution in [3.8, 4) is 5.75 Å². The minimum Gasteiger partial charge on any atom is -0.497 e. The molecule has 1 aromatic carbocycles. The highest BCUT2D eigenvalue weighted by atomic mass is 16.5. The van der Waals surface area contributed by atoms with Crippen molar-refractivity contribution in [3.05, 3.63) is 35.9 Å². The van der Waals surface area contributed by atoms with E-state index in [0.717, 1.165) is 5.56 Å². The summed E-state index contributed by atoms with van der Waals surface area (Å²) in [6.45, 7) is 3.62. The third kappa shape index (κ3) is 2.13. The van der Waals surface area contributed by atoms with Crippen molar-refractivity contribution in [1.82, 2.24) is 0 Å². The summed E-state index contributed by atoms with van der Waals surface area (Å²) in [5, 5.41) is 0. The van der Waals surface area contributed by atoms with E-state index in [2.05, 4.69) is 11.3 Å². The number of benzene rings is 1. The van der Waals surface area contributed by atoms with Crippen molar-refractivity contribution in [1.29, 1.82) is 0 Å². The number of hydrogen-bond donors (Lipinski definition) is 0. The second-order valence-electron chi connectivity index (χ2n) is 2.69. The van der Waals surface area contributed by atoms with Gasteiger partial charge in [0, 0.05) is 0 Å². The lowest BCUT2D eigenvalue weighted by molar-refractivity contribution is 0.0600. The number of hydrogen-bond acceptors (Lipinski definition) is 3. The SMILES string of the molecule is C=Cc1cc(OC)cc(C(=O)OC)c1. The first-order valence-electron chi connectivity index (χ1n) is 4.11. The summed E-state index contributed by atoms with van der Waals surface area (Å²) in [4.78, 5) is 11.2. The van der Waals surface area contributed by atoms with Crippen molar-refractivity contribution in [2.24, 2.45) is 0 Å². The van der Waals surface area contributed by atoms with Crippen molar-refractivity contribution in [2.45, 2.75) is 0 Å². The quantitative estimate of drug-likeness (QED) is 0.688. The van der Waals surface area contributed by atoms with Gasteiger partial charge in [-0.25, -0.2) is 4.79 Å². The summed E-state index contributed by atoms with van der Waals surface area (Å²) in [5.41, 5.74) is 1.28. The Morgan fingerprint density at radius 2 is 2.07 bits per heavy atom. The van der Waals surface area contributed by atoms with Gasteiger partial charge in [-0.05, 0) is 23.8 Å². The zero-order chi connectivity index (χ0) is 10.6. The summed E-state index contributed by atoms with van der Waals surface area (Å²) < 4.78 is 9.64. The zero-order valence-electron chi connectivity index (χ0n) is 8.24. The molecule has 0 heterocycles. The number of methoxy groups -OCH3 is 2. The highest BCUT2D eigenvalue weighted by Gasteiger charge is 2.07. The monoisotopic (exact) mass is 192 g/mol. The lowest BCUT2D eigenvalue weighted by Gasteiger charge is -2.05. The summed E-state index contributed by atoms with van der Waals surface area (Å²) in [7, 11) is 2.89. The van der Waals surface area contributed by atoms with Gasteiger partial charge >= 0.3 is 5.97 Å². The van der Waals surface area contributed by atoms with Crippen LogP contribution >= 0.6 is 0 Å². The molecule has 0 aliphatic rings. The van der Waals surface area contributed by atoms with E-state index in [1.807, 2.05) is 0 Å². The average molecular weight is 192 g/mol. The van der Waals surface area contributed by atoms with Crippen LogP contribution in [0.4, 0.5) is 0 Å². The van der Waals surface area contributed by atoms with E-state index in [9.17, 15) is 4.79 Å². The van der Waals surface area contributed by atoms with Crippen LogP contribution in [0.1, 0.15) is 15.9 Å². The molecule has 0 unspecified atom stereocenters. The molecule has 0 atom stereocenters. The van der Waals surface area contributed by atoms with Crippen LogP contribution in [0.15, 0.2) is 24.8 Å². The molecule has 0 spiro atoms. The van der Waals surface area contributed by atoms with E-state index in [4.69, 9.17) is 4.74 Å². The predicted molar refractivity (Wildman–Crippen MR) is 54.4 cm³/mol. The molecule has 0 aromatic heterocycles. The Kier molecular flexibility index (Phi) is 3.29. The maximum Gasteiger partial charge on any atom is 0.338 e. The summed E-state index contributed by atoms with van der Waals surface area (Å²) in [6, 6.07) is 5.11. The normalized spacial score (nSPS) is 9.29. The Morgan fingerprint density at radius 3 is 2.57 bits per heavy atom. The summed E-state index contributed by atoms with van der Waals surface area (Å²) in [5.74, 6) is 0.231. The van der Waals surface area contributed by atoms with Gasteiger partial charge in [-0.15, -0.1) is 0 Å². The molecule has 74 valence electrons. The molecule has 1 rings (SSSR count). The van der Waals surface area contributed by atoms with Crippen molar-refractivity contribution in [3.63, 3.8) is 0 Å². The Labute approximate surface area is 83.0 Å². The Hall–Kier alpha value is -1.77. The van der Waals surface area contributed by atoms with E-state index in [0.29, 0.717) is 11.3 Å². The maximum absolute atomic E-state index is 11.2. The van der Waals surface area contributed by atoms with Crippen LogP contribution in [-0.4, -0.2) is 20.2 Å². The van der Waals surface area contributed by atoms with Crippen molar-refractivity contribution < 1.29 is 14.3 Å². The predicted octanol–water partition coefficient (Wildman–Crippen LogP) is 2.12. The van der Waals surface area contributed by atoms with Gasteiger partial charge in [0.1, 0.15) is 5.75 Å². The van der Waals surface area contributed by atoms with Crippen LogP contribution in [0.3, 0.4) is 0 Å². The van der Waals surface area contributed by atoms with Crippen LogP contribution in [-0.2, 0) is 4.74 Å². The zero-order valence-corrected chi connectivity index (χ0v) is 8.24. The van der Waals surface area contributed by atoms with E-state index in [-0.39, 0.29) is 5.97 Å². The standard InChI is InChI=1S/C11H12O3/c1-4-8-5-9(11(12)14-3)7-10(6-8)13-2/h4-7H,1H2,2-3H3. The highest BCUT2D eigenvalue weighted by molar-refractivity contribution is 5.90. The number of ether oxygens (including phenoxy) is 2. The first-order chi connectivity index (χ1) is 6.71. The van der Waals surface area contributed by atoms with Crippen molar-refractivity contribution in [2.75, 3.05) is 14.2 Å². The molecular weight excluding hydrogens is 180 g/mol. The fraction of sp³-hybridized carbons (Fsp3) is 0.182. The molecule has 3 nitrogen and oxygen atoms in total. The van der Waals surface area contributed by atoms with E-state index in [1.165, 1.54) is 7.11 Å². The molecule has 0 bridgehead atoms. The molecule has 0 saturated carbocycles. The number of rotatable bonds is 3. The minimum atomic E-state index is -0.382. The molecule has 0 aliphatic heterocycles. The van der Waals surface area contributed by atoms with Gasteiger partial charge < -0.3 is 9.47 Å². The van der Waals surface area contributed by atoms with Gasteiger partial charge in [-0.3, -0.25) is 0 Å². The Morgan fingerprint density at radius 1 is 1.36 bits per heavy atom. The lowest BCUT2D eigenvalue weighted by Crippen LogP contribution is -2.01. The summed E-state index contributed by atoms with van der Waals surface area (Å²) >= 11 is 0. The van der Waals surface area contributed by atoms with Crippen molar-refractivity contribution >= 4 is 12.0 Å². The third-order valence-corrected chi connectivity index (χ3v) is 1.82.